The molecule has 0 bridgehead atoms. The zero-order valence-corrected chi connectivity index (χ0v) is 7.17. The lowest BCUT2D eigenvalue weighted by molar-refractivity contribution is 1.08. The summed E-state index contributed by atoms with van der Waals surface area (Å²) >= 11 is 5.71. The standard InChI is InChI=1S/C9H10ClN/c1-2-11-7-8-3-5-9(10)6-4-8/h2-6H,7H2,1H3. The summed E-state index contributed by atoms with van der Waals surface area (Å²) in [5.74, 6) is 0. The van der Waals surface area contributed by atoms with Crippen molar-refractivity contribution >= 4 is 17.8 Å². The normalized spacial score (nSPS) is 10.7. The van der Waals surface area contributed by atoms with Gasteiger partial charge < -0.3 is 0 Å². The number of halogens is 1. The number of hydrogen-bond donors (Lipinski definition) is 0. The Balaban J connectivity index is 2.66. The van der Waals surface area contributed by atoms with E-state index in [4.69, 9.17) is 11.6 Å². The highest BCUT2D eigenvalue weighted by Gasteiger charge is 1.88. The van der Waals surface area contributed by atoms with Gasteiger partial charge in [0.25, 0.3) is 0 Å². The molecule has 0 spiro atoms. The van der Waals surface area contributed by atoms with Gasteiger partial charge in [-0.1, -0.05) is 23.7 Å². The first-order chi connectivity index (χ1) is 5.33. The van der Waals surface area contributed by atoms with E-state index in [-0.39, 0.29) is 0 Å². The van der Waals surface area contributed by atoms with Gasteiger partial charge in [0, 0.05) is 5.02 Å². The summed E-state index contributed by atoms with van der Waals surface area (Å²) < 4.78 is 0. The monoisotopic (exact) mass is 167 g/mol. The number of hydrogen-bond acceptors (Lipinski definition) is 1. The van der Waals surface area contributed by atoms with Gasteiger partial charge in [-0.05, 0) is 30.8 Å². The molecule has 11 heavy (non-hydrogen) atoms. The topological polar surface area (TPSA) is 12.4 Å². The summed E-state index contributed by atoms with van der Waals surface area (Å²) in [4.78, 5) is 4.10. The summed E-state index contributed by atoms with van der Waals surface area (Å²) in [7, 11) is 0. The average Bonchev–Trinajstić information content (AvgIpc) is 2.04. The first-order valence-electron chi connectivity index (χ1n) is 3.52. The molecule has 0 heterocycles. The fraction of sp³-hybridized carbons (Fsp3) is 0.222. The zero-order chi connectivity index (χ0) is 8.10. The van der Waals surface area contributed by atoms with Crippen molar-refractivity contribution in [3.05, 3.63) is 34.9 Å². The number of rotatable bonds is 2. The van der Waals surface area contributed by atoms with E-state index < -0.39 is 0 Å². The van der Waals surface area contributed by atoms with Gasteiger partial charge in [-0.2, -0.15) is 0 Å². The Kier molecular flexibility index (Phi) is 3.12. The molecule has 1 rings (SSSR count). The molecule has 0 atom stereocenters. The van der Waals surface area contributed by atoms with Gasteiger partial charge in [0.05, 0.1) is 6.54 Å². The highest BCUT2D eigenvalue weighted by molar-refractivity contribution is 6.30. The largest absolute Gasteiger partial charge is 0.293 e. The van der Waals surface area contributed by atoms with Crippen LogP contribution in [0.25, 0.3) is 0 Å². The van der Waals surface area contributed by atoms with Crippen LogP contribution in [0.2, 0.25) is 5.02 Å². The van der Waals surface area contributed by atoms with Crippen LogP contribution in [0.5, 0.6) is 0 Å². The van der Waals surface area contributed by atoms with Crippen LogP contribution < -0.4 is 0 Å². The van der Waals surface area contributed by atoms with Crippen molar-refractivity contribution in [2.45, 2.75) is 13.5 Å². The lowest BCUT2D eigenvalue weighted by Gasteiger charge is -1.94. The van der Waals surface area contributed by atoms with E-state index in [2.05, 4.69) is 4.99 Å². The highest BCUT2D eigenvalue weighted by Crippen LogP contribution is 2.09. The number of nitrogens with zero attached hydrogens (tertiary/aromatic N) is 1. The molecule has 0 aliphatic rings. The minimum Gasteiger partial charge on any atom is -0.293 e. The Labute approximate surface area is 71.7 Å². The molecule has 2 heteroatoms. The van der Waals surface area contributed by atoms with Gasteiger partial charge >= 0.3 is 0 Å². The summed E-state index contributed by atoms with van der Waals surface area (Å²) in [6.07, 6.45) is 1.80. The van der Waals surface area contributed by atoms with Gasteiger partial charge in [0.2, 0.25) is 0 Å². The van der Waals surface area contributed by atoms with Crippen molar-refractivity contribution in [3.63, 3.8) is 0 Å². The molecule has 1 aromatic carbocycles. The van der Waals surface area contributed by atoms with E-state index in [1.54, 1.807) is 6.21 Å². The van der Waals surface area contributed by atoms with E-state index in [1.807, 2.05) is 31.2 Å². The van der Waals surface area contributed by atoms with Crippen molar-refractivity contribution in [1.82, 2.24) is 0 Å². The summed E-state index contributed by atoms with van der Waals surface area (Å²) in [6.45, 7) is 2.66. The molecule has 0 amide bonds. The third-order valence-electron chi connectivity index (χ3n) is 1.37. The maximum absolute atomic E-state index is 5.71. The molecular weight excluding hydrogens is 158 g/mol. The fourth-order valence-electron chi connectivity index (χ4n) is 0.787. The SMILES string of the molecule is CC=NCc1ccc(Cl)cc1. The highest BCUT2D eigenvalue weighted by atomic mass is 35.5. The van der Waals surface area contributed by atoms with Crippen LogP contribution in [-0.4, -0.2) is 6.21 Å². The first kappa shape index (κ1) is 8.28. The van der Waals surface area contributed by atoms with Gasteiger partial charge in [-0.3, -0.25) is 4.99 Å². The summed E-state index contributed by atoms with van der Waals surface area (Å²) in [5, 5.41) is 0.772. The van der Waals surface area contributed by atoms with Crippen LogP contribution in [0.3, 0.4) is 0 Å². The molecule has 0 aromatic heterocycles. The molecule has 0 saturated carbocycles. The van der Waals surface area contributed by atoms with Crippen molar-refractivity contribution in [3.8, 4) is 0 Å². The van der Waals surface area contributed by atoms with Crippen LogP contribution in [0.15, 0.2) is 29.3 Å². The van der Waals surface area contributed by atoms with Crippen LogP contribution in [0.1, 0.15) is 12.5 Å². The minimum atomic E-state index is 0.744. The summed E-state index contributed by atoms with van der Waals surface area (Å²) in [5.41, 5.74) is 1.19. The Bertz CT molecular complexity index is 238. The second kappa shape index (κ2) is 4.14. The molecule has 0 saturated heterocycles. The molecule has 1 nitrogen and oxygen atoms in total. The number of aliphatic imine (C=N–C) groups is 1. The van der Waals surface area contributed by atoms with E-state index in [1.165, 1.54) is 5.56 Å². The molecule has 0 aliphatic heterocycles. The van der Waals surface area contributed by atoms with Crippen molar-refractivity contribution < 1.29 is 0 Å². The maximum atomic E-state index is 5.71. The Hall–Kier alpha value is -0.820. The maximum Gasteiger partial charge on any atom is 0.0635 e. The van der Waals surface area contributed by atoms with Crippen LogP contribution in [0.4, 0.5) is 0 Å². The van der Waals surface area contributed by atoms with Gasteiger partial charge in [-0.25, -0.2) is 0 Å². The molecule has 58 valence electrons. The van der Waals surface area contributed by atoms with Gasteiger partial charge in [0.15, 0.2) is 0 Å². The molecule has 0 N–H and O–H groups in total. The molecule has 0 aliphatic carbocycles. The van der Waals surface area contributed by atoms with Gasteiger partial charge in [0.1, 0.15) is 0 Å². The molecule has 0 radical (unpaired) electrons. The Morgan fingerprint density at radius 2 is 2.00 bits per heavy atom. The van der Waals surface area contributed by atoms with Crippen molar-refractivity contribution in [2.24, 2.45) is 4.99 Å². The lowest BCUT2D eigenvalue weighted by atomic mass is 10.2. The first-order valence-corrected chi connectivity index (χ1v) is 3.89. The third-order valence-corrected chi connectivity index (χ3v) is 1.62. The molecule has 1 aromatic rings. The Morgan fingerprint density at radius 1 is 1.36 bits per heavy atom. The lowest BCUT2D eigenvalue weighted by Crippen LogP contribution is -1.79. The van der Waals surface area contributed by atoms with E-state index in [0.29, 0.717) is 0 Å². The molecular formula is C9H10ClN. The second-order valence-corrected chi connectivity index (χ2v) is 2.66. The van der Waals surface area contributed by atoms with Crippen LogP contribution >= 0.6 is 11.6 Å². The molecule has 0 fully saturated rings. The van der Waals surface area contributed by atoms with E-state index >= 15 is 0 Å². The average molecular weight is 168 g/mol. The second-order valence-electron chi connectivity index (χ2n) is 2.23. The fourth-order valence-corrected chi connectivity index (χ4v) is 0.913. The van der Waals surface area contributed by atoms with Crippen molar-refractivity contribution in [1.29, 1.82) is 0 Å². The quantitative estimate of drug-likeness (QED) is 0.601. The third kappa shape index (κ3) is 2.72. The van der Waals surface area contributed by atoms with E-state index in [9.17, 15) is 0 Å². The van der Waals surface area contributed by atoms with Crippen molar-refractivity contribution in [2.75, 3.05) is 0 Å². The Morgan fingerprint density at radius 3 is 2.55 bits per heavy atom. The zero-order valence-electron chi connectivity index (χ0n) is 6.42. The predicted octanol–water partition coefficient (Wildman–Crippen LogP) is 2.93. The van der Waals surface area contributed by atoms with Crippen LogP contribution in [-0.2, 0) is 6.54 Å². The summed E-state index contributed by atoms with van der Waals surface area (Å²) in [6, 6.07) is 7.72. The minimum absolute atomic E-state index is 0.744. The van der Waals surface area contributed by atoms with Gasteiger partial charge in [-0.15, -0.1) is 0 Å². The predicted molar refractivity (Wildman–Crippen MR) is 49.3 cm³/mol. The molecule has 0 unspecified atom stereocenters. The van der Waals surface area contributed by atoms with E-state index in [0.717, 1.165) is 11.6 Å². The smallest absolute Gasteiger partial charge is 0.0635 e. The number of benzene rings is 1. The van der Waals surface area contributed by atoms with Crippen LogP contribution in [0, 0.1) is 0 Å².